The monoisotopic (exact) mass is 287 g/mol. The fourth-order valence-electron chi connectivity index (χ4n) is 2.29. The van der Waals surface area contributed by atoms with Crippen LogP contribution in [0.2, 0.25) is 0 Å². The third kappa shape index (κ3) is 2.27. The average Bonchev–Trinajstić information content (AvgIpc) is 2.49. The Balaban J connectivity index is 2.14. The Morgan fingerprint density at radius 1 is 1.10 bits per heavy atom. The number of fused-ring (bicyclic) bond motifs is 3. The number of halogens is 1. The molecule has 0 aliphatic carbocycles. The molecule has 4 nitrogen and oxygen atoms in total. The molecule has 3 aromatic rings. The second-order valence-electron chi connectivity index (χ2n) is 4.68. The topological polar surface area (TPSA) is 47.8 Å². The summed E-state index contributed by atoms with van der Waals surface area (Å²) in [5, 5.41) is 1.48. The number of pyridine rings is 1. The highest BCUT2D eigenvalue weighted by Gasteiger charge is 2.07. The van der Waals surface area contributed by atoms with Crippen molar-refractivity contribution >= 4 is 33.4 Å². The number of para-hydroxylation sites is 1. The molecule has 0 unspecified atom stereocenters. The van der Waals surface area contributed by atoms with E-state index in [0.29, 0.717) is 23.3 Å². The van der Waals surface area contributed by atoms with E-state index in [1.54, 1.807) is 17.1 Å². The van der Waals surface area contributed by atoms with Gasteiger partial charge in [0.2, 0.25) is 0 Å². The Morgan fingerprint density at radius 3 is 2.80 bits per heavy atom. The van der Waals surface area contributed by atoms with Crippen molar-refractivity contribution in [3.63, 3.8) is 0 Å². The summed E-state index contributed by atoms with van der Waals surface area (Å²) in [6, 6.07) is 7.71. The molecular formula is C15H14ClN3O. The number of aryl methyl sites for hydroxylation is 1. The van der Waals surface area contributed by atoms with E-state index in [0.717, 1.165) is 23.7 Å². The van der Waals surface area contributed by atoms with Crippen LogP contribution in [0.15, 0.2) is 41.6 Å². The SMILES string of the molecule is O=c1c2cnc3ccccc3c2ncn1CCCCCl. The molecule has 2 aromatic heterocycles. The van der Waals surface area contributed by atoms with E-state index in [-0.39, 0.29) is 5.56 Å². The summed E-state index contributed by atoms with van der Waals surface area (Å²) >= 11 is 5.65. The first-order chi connectivity index (χ1) is 9.81. The van der Waals surface area contributed by atoms with Crippen LogP contribution in [0.4, 0.5) is 0 Å². The van der Waals surface area contributed by atoms with Gasteiger partial charge in [-0.15, -0.1) is 11.6 Å². The van der Waals surface area contributed by atoms with Crippen LogP contribution in [-0.4, -0.2) is 20.4 Å². The Kier molecular flexibility index (Phi) is 3.65. The van der Waals surface area contributed by atoms with Crippen molar-refractivity contribution in [3.05, 3.63) is 47.1 Å². The Hall–Kier alpha value is -1.94. The smallest absolute Gasteiger partial charge is 0.262 e. The highest BCUT2D eigenvalue weighted by molar-refractivity contribution is 6.17. The maximum atomic E-state index is 12.4. The third-order valence-corrected chi connectivity index (χ3v) is 3.61. The molecule has 0 aliphatic heterocycles. The van der Waals surface area contributed by atoms with Gasteiger partial charge in [0.05, 0.1) is 22.7 Å². The largest absolute Gasteiger partial charge is 0.299 e. The number of unbranched alkanes of at least 4 members (excludes halogenated alkanes) is 1. The van der Waals surface area contributed by atoms with Crippen molar-refractivity contribution < 1.29 is 0 Å². The second-order valence-corrected chi connectivity index (χ2v) is 5.05. The number of hydrogen-bond acceptors (Lipinski definition) is 3. The number of benzene rings is 1. The fourth-order valence-corrected chi connectivity index (χ4v) is 2.48. The van der Waals surface area contributed by atoms with Gasteiger partial charge in [-0.3, -0.25) is 14.3 Å². The normalized spacial score (nSPS) is 11.2. The summed E-state index contributed by atoms with van der Waals surface area (Å²) < 4.78 is 1.63. The summed E-state index contributed by atoms with van der Waals surface area (Å²) in [6.07, 6.45) is 5.00. The van der Waals surface area contributed by atoms with E-state index in [1.165, 1.54) is 0 Å². The zero-order chi connectivity index (χ0) is 13.9. The van der Waals surface area contributed by atoms with Gasteiger partial charge >= 0.3 is 0 Å². The maximum Gasteiger partial charge on any atom is 0.262 e. The van der Waals surface area contributed by atoms with Gasteiger partial charge < -0.3 is 0 Å². The average molecular weight is 288 g/mol. The van der Waals surface area contributed by atoms with Crippen LogP contribution in [0.25, 0.3) is 21.8 Å². The molecule has 0 bridgehead atoms. The minimum Gasteiger partial charge on any atom is -0.299 e. The molecule has 2 heterocycles. The standard InChI is InChI=1S/C15H14ClN3O/c16-7-3-4-8-19-10-18-14-11-5-1-2-6-13(11)17-9-12(14)15(19)20/h1-2,5-6,9-10H,3-4,7-8H2. The van der Waals surface area contributed by atoms with E-state index in [9.17, 15) is 4.79 Å². The van der Waals surface area contributed by atoms with E-state index in [4.69, 9.17) is 11.6 Å². The van der Waals surface area contributed by atoms with Gasteiger partial charge in [0.15, 0.2) is 0 Å². The van der Waals surface area contributed by atoms with Gasteiger partial charge in [0.25, 0.3) is 5.56 Å². The van der Waals surface area contributed by atoms with Crippen molar-refractivity contribution in [2.24, 2.45) is 0 Å². The van der Waals surface area contributed by atoms with Crippen molar-refractivity contribution in [1.29, 1.82) is 0 Å². The summed E-state index contributed by atoms with van der Waals surface area (Å²) in [5.41, 5.74) is 1.53. The van der Waals surface area contributed by atoms with Crippen molar-refractivity contribution in [2.45, 2.75) is 19.4 Å². The Labute approximate surface area is 121 Å². The van der Waals surface area contributed by atoms with Gasteiger partial charge in [0.1, 0.15) is 0 Å². The summed E-state index contributed by atoms with van der Waals surface area (Å²) in [7, 11) is 0. The minimum atomic E-state index is -0.0391. The van der Waals surface area contributed by atoms with Crippen molar-refractivity contribution in [2.75, 3.05) is 5.88 Å². The molecule has 3 rings (SSSR count). The number of hydrogen-bond donors (Lipinski definition) is 0. The van der Waals surface area contributed by atoms with Crippen LogP contribution in [0, 0.1) is 0 Å². The molecule has 0 saturated carbocycles. The van der Waals surface area contributed by atoms with Crippen molar-refractivity contribution in [3.8, 4) is 0 Å². The lowest BCUT2D eigenvalue weighted by atomic mass is 10.1. The summed E-state index contributed by atoms with van der Waals surface area (Å²) in [6.45, 7) is 0.640. The first kappa shape index (κ1) is 13.1. The van der Waals surface area contributed by atoms with Gasteiger partial charge in [-0.1, -0.05) is 18.2 Å². The zero-order valence-corrected chi connectivity index (χ0v) is 11.7. The van der Waals surface area contributed by atoms with Crippen LogP contribution in [0.3, 0.4) is 0 Å². The molecular weight excluding hydrogens is 274 g/mol. The molecule has 0 N–H and O–H groups in total. The summed E-state index contributed by atoms with van der Waals surface area (Å²) in [5.74, 6) is 0.613. The molecule has 0 saturated heterocycles. The van der Waals surface area contributed by atoms with Gasteiger partial charge in [0, 0.05) is 24.0 Å². The zero-order valence-electron chi connectivity index (χ0n) is 10.9. The van der Waals surface area contributed by atoms with Crippen LogP contribution < -0.4 is 5.56 Å². The molecule has 0 atom stereocenters. The van der Waals surface area contributed by atoms with Crippen LogP contribution in [0.1, 0.15) is 12.8 Å². The fraction of sp³-hybridized carbons (Fsp3) is 0.267. The lowest BCUT2D eigenvalue weighted by molar-refractivity contribution is 0.610. The van der Waals surface area contributed by atoms with E-state index in [1.807, 2.05) is 24.3 Å². The van der Waals surface area contributed by atoms with Crippen LogP contribution >= 0.6 is 11.6 Å². The van der Waals surface area contributed by atoms with Gasteiger partial charge in [-0.05, 0) is 18.9 Å². The second kappa shape index (κ2) is 5.59. The van der Waals surface area contributed by atoms with Crippen LogP contribution in [0.5, 0.6) is 0 Å². The molecule has 1 aromatic carbocycles. The molecule has 0 amide bonds. The lowest BCUT2D eigenvalue weighted by Gasteiger charge is -2.07. The van der Waals surface area contributed by atoms with Gasteiger partial charge in [-0.2, -0.15) is 0 Å². The lowest BCUT2D eigenvalue weighted by Crippen LogP contribution is -2.21. The minimum absolute atomic E-state index is 0.0391. The Morgan fingerprint density at radius 2 is 1.95 bits per heavy atom. The first-order valence-corrected chi connectivity index (χ1v) is 7.13. The molecule has 0 fully saturated rings. The number of aromatic nitrogens is 3. The number of rotatable bonds is 4. The summed E-state index contributed by atoms with van der Waals surface area (Å²) in [4.78, 5) is 21.2. The van der Waals surface area contributed by atoms with Gasteiger partial charge in [-0.25, -0.2) is 4.98 Å². The predicted octanol–water partition coefficient (Wildman–Crippen LogP) is 2.96. The maximum absolute atomic E-state index is 12.4. The quantitative estimate of drug-likeness (QED) is 0.421. The van der Waals surface area contributed by atoms with E-state index >= 15 is 0 Å². The van der Waals surface area contributed by atoms with Crippen LogP contribution in [-0.2, 0) is 6.54 Å². The Bertz CT molecular complexity index is 813. The van der Waals surface area contributed by atoms with E-state index in [2.05, 4.69) is 9.97 Å². The molecule has 0 spiro atoms. The first-order valence-electron chi connectivity index (χ1n) is 6.60. The number of nitrogens with zero attached hydrogens (tertiary/aromatic N) is 3. The molecule has 5 heteroatoms. The molecule has 0 aliphatic rings. The predicted molar refractivity (Wildman–Crippen MR) is 81.3 cm³/mol. The highest BCUT2D eigenvalue weighted by atomic mass is 35.5. The molecule has 20 heavy (non-hydrogen) atoms. The van der Waals surface area contributed by atoms with E-state index < -0.39 is 0 Å². The molecule has 0 radical (unpaired) electrons. The highest BCUT2D eigenvalue weighted by Crippen LogP contribution is 2.18. The molecule has 102 valence electrons. The third-order valence-electron chi connectivity index (χ3n) is 3.35. The van der Waals surface area contributed by atoms with Crippen molar-refractivity contribution in [1.82, 2.24) is 14.5 Å². The number of alkyl halides is 1.